The minimum atomic E-state index is -1.05. The number of carbonyl (C=O) groups is 1. The summed E-state index contributed by atoms with van der Waals surface area (Å²) in [6.45, 7) is 2.33. The van der Waals surface area contributed by atoms with Crippen LogP contribution in [-0.2, 0) is 10.4 Å². The standard InChI is InChI=1S/C40H40ClF2N8O4/c1-49(20-24-12-17-50(21-24)31(52)11-10-30-45-37(48-55-30)40(53)14-4-15-40)36-28-19-44-34(27-8-2-6-25-7-3-9-29(41)32(25)27)33(43)35(28)46-38(47-36)54-23-39-13-5-16-51(39)22-26(42)18-39/h2-3,6-11,19-20,24,26,53H,4-5,12-18,21-23H2,1H3/q+1/b11-10+,49-20-/t24?,26-,39+/m1/s1. The first-order valence-corrected chi connectivity index (χ1v) is 19.1. The van der Waals surface area contributed by atoms with Gasteiger partial charge in [0.25, 0.3) is 5.89 Å². The molecule has 15 heteroatoms. The van der Waals surface area contributed by atoms with E-state index in [-0.39, 0.29) is 47.4 Å². The molecule has 3 atom stereocenters. The minimum Gasteiger partial charge on any atom is -0.443 e. The molecule has 1 aliphatic carbocycles. The molecular formula is C40H40ClF2N8O4+. The summed E-state index contributed by atoms with van der Waals surface area (Å²) in [7, 11) is 1.82. The number of carbonyl (C=O) groups excluding carboxylic acids is 1. The Bertz CT molecular complexity index is 2380. The summed E-state index contributed by atoms with van der Waals surface area (Å²) in [6, 6.07) is 11.0. The van der Waals surface area contributed by atoms with Crippen molar-refractivity contribution in [2.45, 2.75) is 62.3 Å². The van der Waals surface area contributed by atoms with E-state index in [1.165, 1.54) is 12.2 Å². The van der Waals surface area contributed by atoms with E-state index in [2.05, 4.69) is 25.0 Å². The zero-order valence-corrected chi connectivity index (χ0v) is 31.1. The van der Waals surface area contributed by atoms with Crippen LogP contribution in [0.2, 0.25) is 5.02 Å². The maximum absolute atomic E-state index is 16.8. The van der Waals surface area contributed by atoms with Gasteiger partial charge in [-0.25, -0.2) is 13.4 Å². The number of nitrogens with zero attached hydrogens (tertiary/aromatic N) is 8. The smallest absolute Gasteiger partial charge is 0.434 e. The number of aromatic nitrogens is 5. The summed E-state index contributed by atoms with van der Waals surface area (Å²) in [5, 5.41) is 16.8. The molecule has 3 aromatic heterocycles. The van der Waals surface area contributed by atoms with Gasteiger partial charge in [-0.15, -0.1) is 0 Å². The fourth-order valence-corrected chi connectivity index (χ4v) is 8.94. The lowest BCUT2D eigenvalue weighted by Gasteiger charge is -2.32. The molecule has 4 fully saturated rings. The summed E-state index contributed by atoms with van der Waals surface area (Å²) < 4.78 is 44.7. The van der Waals surface area contributed by atoms with Crippen molar-refractivity contribution >= 4 is 57.3 Å². The monoisotopic (exact) mass is 769 g/mol. The number of fused-ring (bicyclic) bond motifs is 3. The van der Waals surface area contributed by atoms with Gasteiger partial charge in [-0.3, -0.25) is 14.7 Å². The van der Waals surface area contributed by atoms with Gasteiger partial charge in [0.15, 0.2) is 5.82 Å². The van der Waals surface area contributed by atoms with Crippen molar-refractivity contribution in [3.63, 3.8) is 0 Å². The van der Waals surface area contributed by atoms with E-state index in [0.29, 0.717) is 72.5 Å². The third-order valence-corrected chi connectivity index (χ3v) is 12.0. The summed E-state index contributed by atoms with van der Waals surface area (Å²) in [6.07, 6.45) is 10.3. The molecule has 3 saturated heterocycles. The number of pyridine rings is 1. The van der Waals surface area contributed by atoms with Gasteiger partial charge in [0.2, 0.25) is 11.7 Å². The van der Waals surface area contributed by atoms with Crippen molar-refractivity contribution < 1.29 is 32.5 Å². The number of alkyl halides is 1. The first kappa shape index (κ1) is 35.8. The maximum Gasteiger partial charge on any atom is 0.434 e. The van der Waals surface area contributed by atoms with Crippen LogP contribution < -0.4 is 4.74 Å². The lowest BCUT2D eigenvalue weighted by molar-refractivity contribution is -0.405. The van der Waals surface area contributed by atoms with E-state index < -0.39 is 23.1 Å². The maximum atomic E-state index is 16.8. The quantitative estimate of drug-likeness (QED) is 0.104. The van der Waals surface area contributed by atoms with E-state index in [9.17, 15) is 14.3 Å². The molecule has 3 aliphatic heterocycles. The highest BCUT2D eigenvalue weighted by Crippen LogP contribution is 2.42. The van der Waals surface area contributed by atoms with Crippen LogP contribution in [0.3, 0.4) is 0 Å². The Labute approximate surface area is 320 Å². The van der Waals surface area contributed by atoms with Crippen molar-refractivity contribution in [3.8, 4) is 17.3 Å². The molecule has 5 aromatic rings. The molecule has 284 valence electrons. The van der Waals surface area contributed by atoms with Gasteiger partial charge < -0.3 is 19.3 Å². The van der Waals surface area contributed by atoms with E-state index in [4.69, 9.17) is 25.8 Å². The number of aliphatic hydroxyl groups is 1. The third-order valence-electron chi connectivity index (χ3n) is 11.7. The molecule has 6 heterocycles. The van der Waals surface area contributed by atoms with E-state index >= 15 is 4.39 Å². The first-order chi connectivity index (χ1) is 26.6. The van der Waals surface area contributed by atoms with Crippen molar-refractivity contribution in [2.24, 2.45) is 5.92 Å². The van der Waals surface area contributed by atoms with Gasteiger partial charge in [-0.05, 0) is 56.5 Å². The summed E-state index contributed by atoms with van der Waals surface area (Å²) in [5.41, 5.74) is -0.835. The van der Waals surface area contributed by atoms with Gasteiger partial charge in [0, 0.05) is 71.3 Å². The van der Waals surface area contributed by atoms with Gasteiger partial charge in [-0.1, -0.05) is 47.1 Å². The van der Waals surface area contributed by atoms with E-state index in [1.807, 2.05) is 37.5 Å². The van der Waals surface area contributed by atoms with Crippen molar-refractivity contribution in [3.05, 3.63) is 71.2 Å². The molecule has 9 rings (SSSR count). The predicted molar refractivity (Wildman–Crippen MR) is 201 cm³/mol. The van der Waals surface area contributed by atoms with E-state index in [1.54, 1.807) is 27.8 Å². The molecule has 1 amide bonds. The second kappa shape index (κ2) is 14.0. The highest BCUT2D eigenvalue weighted by atomic mass is 35.5. The number of benzene rings is 2. The Kier molecular flexibility index (Phi) is 9.09. The molecule has 4 aliphatic rings. The van der Waals surface area contributed by atoms with Crippen LogP contribution in [-0.4, -0.2) is 108 Å². The number of rotatable bonds is 9. The Hall–Kier alpha value is -4.92. The molecular weight excluding hydrogens is 730 g/mol. The number of hydrogen-bond acceptors (Lipinski definition) is 10. The second-order valence-corrected chi connectivity index (χ2v) is 15.7. The predicted octanol–water partition coefficient (Wildman–Crippen LogP) is 6.25. The lowest BCUT2D eigenvalue weighted by atomic mass is 9.80. The van der Waals surface area contributed by atoms with Gasteiger partial charge in [0.1, 0.15) is 35.0 Å². The zero-order chi connectivity index (χ0) is 37.9. The molecule has 0 radical (unpaired) electrons. The van der Waals surface area contributed by atoms with Crippen molar-refractivity contribution in [1.82, 2.24) is 34.9 Å². The van der Waals surface area contributed by atoms with Crippen molar-refractivity contribution in [1.29, 1.82) is 0 Å². The van der Waals surface area contributed by atoms with E-state index in [0.717, 1.165) is 31.2 Å². The summed E-state index contributed by atoms with van der Waals surface area (Å²) in [5.74, 6) is -0.109. The Morgan fingerprint density at radius 2 is 1.96 bits per heavy atom. The topological polar surface area (TPSA) is 134 Å². The average molecular weight is 770 g/mol. The lowest BCUT2D eigenvalue weighted by Crippen LogP contribution is -2.43. The van der Waals surface area contributed by atoms with Gasteiger partial charge in [0.05, 0.1) is 18.8 Å². The largest absolute Gasteiger partial charge is 0.443 e. The molecule has 2 aromatic carbocycles. The SMILES string of the molecule is C/[N+](=C/C1CCN(C(=O)/C=C/c2nc(C3(O)CCC3)no2)C1)c1nc(OC[C@@]23CCCN2C[C@H](F)C3)nc2c(F)c(-c3cccc4cccc(Cl)c34)ncc12. The van der Waals surface area contributed by atoms with Crippen LogP contribution in [0.1, 0.15) is 56.7 Å². The molecule has 1 saturated carbocycles. The number of halogens is 3. The highest BCUT2D eigenvalue weighted by Gasteiger charge is 2.49. The van der Waals surface area contributed by atoms with Gasteiger partial charge in [-0.2, -0.15) is 9.97 Å². The molecule has 1 unspecified atom stereocenters. The number of ether oxygens (including phenoxy) is 1. The minimum absolute atomic E-state index is 0.0136. The van der Waals surface area contributed by atoms with Crippen LogP contribution in [0.25, 0.3) is 39.0 Å². The normalized spacial score (nSPS) is 23.9. The van der Waals surface area contributed by atoms with Crippen LogP contribution in [0.5, 0.6) is 6.01 Å². The Morgan fingerprint density at radius 1 is 1.13 bits per heavy atom. The van der Waals surface area contributed by atoms with Crippen LogP contribution >= 0.6 is 11.6 Å². The van der Waals surface area contributed by atoms with Crippen LogP contribution in [0.4, 0.5) is 14.6 Å². The molecule has 1 N–H and O–H groups in total. The fraction of sp³-hybridized carbons (Fsp3) is 0.425. The number of hydrogen-bond donors (Lipinski definition) is 1. The molecule has 55 heavy (non-hydrogen) atoms. The highest BCUT2D eigenvalue weighted by molar-refractivity contribution is 6.36. The zero-order valence-electron chi connectivity index (χ0n) is 30.3. The first-order valence-electron chi connectivity index (χ1n) is 18.8. The van der Waals surface area contributed by atoms with Crippen LogP contribution in [0.15, 0.2) is 53.2 Å². The second-order valence-electron chi connectivity index (χ2n) is 15.3. The molecule has 0 spiro atoms. The molecule has 12 nitrogen and oxygen atoms in total. The van der Waals surface area contributed by atoms with Crippen molar-refractivity contribution in [2.75, 3.05) is 39.8 Å². The fourth-order valence-electron chi connectivity index (χ4n) is 8.65. The molecule has 0 bridgehead atoms. The van der Waals surface area contributed by atoms with Crippen LogP contribution in [0, 0.1) is 11.7 Å². The number of likely N-dealkylation sites (tertiary alicyclic amines) is 1. The Balaban J connectivity index is 1.01. The van der Waals surface area contributed by atoms with Gasteiger partial charge >= 0.3 is 11.8 Å². The summed E-state index contributed by atoms with van der Waals surface area (Å²) in [4.78, 5) is 35.2. The Morgan fingerprint density at radius 3 is 2.78 bits per heavy atom. The average Bonchev–Trinajstić information content (AvgIpc) is 3.97. The summed E-state index contributed by atoms with van der Waals surface area (Å²) >= 11 is 6.63. The number of amides is 1. The third kappa shape index (κ3) is 6.53.